The van der Waals surface area contributed by atoms with E-state index in [-0.39, 0.29) is 5.88 Å². The standard InChI is InChI=1S/C13H11N3O2/c1-8-5-7-17-12(8)11-10(13(14)18-16-11)9-4-2-3-6-15-9/h2-7H,14H2,1H3. The van der Waals surface area contributed by atoms with Gasteiger partial charge in [-0.05, 0) is 30.7 Å². The lowest BCUT2D eigenvalue weighted by molar-refractivity contribution is 0.435. The number of aromatic nitrogens is 2. The normalized spacial score (nSPS) is 10.7. The maximum absolute atomic E-state index is 5.82. The average molecular weight is 241 g/mol. The van der Waals surface area contributed by atoms with Crippen molar-refractivity contribution in [3.05, 3.63) is 42.3 Å². The third-order valence-corrected chi connectivity index (χ3v) is 2.72. The number of nitrogen functional groups attached to an aromatic ring is 1. The van der Waals surface area contributed by atoms with Crippen LogP contribution in [0.5, 0.6) is 0 Å². The maximum atomic E-state index is 5.82. The van der Waals surface area contributed by atoms with Gasteiger partial charge < -0.3 is 14.7 Å². The number of hydrogen-bond acceptors (Lipinski definition) is 5. The van der Waals surface area contributed by atoms with Crippen molar-refractivity contribution in [1.82, 2.24) is 10.1 Å². The van der Waals surface area contributed by atoms with Gasteiger partial charge in [-0.2, -0.15) is 0 Å². The lowest BCUT2D eigenvalue weighted by Crippen LogP contribution is -1.89. The van der Waals surface area contributed by atoms with Gasteiger partial charge in [0.15, 0.2) is 11.5 Å². The third-order valence-electron chi connectivity index (χ3n) is 2.72. The van der Waals surface area contributed by atoms with Crippen LogP contribution in [0.1, 0.15) is 5.56 Å². The Morgan fingerprint density at radius 2 is 2.11 bits per heavy atom. The smallest absolute Gasteiger partial charge is 0.232 e. The van der Waals surface area contributed by atoms with Gasteiger partial charge in [0, 0.05) is 6.20 Å². The molecule has 0 fully saturated rings. The van der Waals surface area contributed by atoms with E-state index in [1.165, 1.54) is 0 Å². The SMILES string of the molecule is Cc1ccoc1-c1noc(N)c1-c1ccccn1. The Morgan fingerprint density at radius 1 is 1.22 bits per heavy atom. The van der Waals surface area contributed by atoms with Crippen LogP contribution in [0.2, 0.25) is 0 Å². The summed E-state index contributed by atoms with van der Waals surface area (Å²) in [4.78, 5) is 4.26. The highest BCUT2D eigenvalue weighted by Gasteiger charge is 2.21. The second-order valence-corrected chi connectivity index (χ2v) is 3.92. The molecular formula is C13H11N3O2. The maximum Gasteiger partial charge on any atom is 0.232 e. The molecule has 0 radical (unpaired) electrons. The Balaban J connectivity index is 2.22. The second-order valence-electron chi connectivity index (χ2n) is 3.92. The van der Waals surface area contributed by atoms with Crippen LogP contribution in [0.25, 0.3) is 22.7 Å². The van der Waals surface area contributed by atoms with Gasteiger partial charge in [-0.3, -0.25) is 4.98 Å². The molecule has 2 N–H and O–H groups in total. The first-order valence-electron chi connectivity index (χ1n) is 5.48. The van der Waals surface area contributed by atoms with E-state index >= 15 is 0 Å². The van der Waals surface area contributed by atoms with Crippen LogP contribution >= 0.6 is 0 Å². The molecule has 3 aromatic rings. The molecule has 3 heterocycles. The Morgan fingerprint density at radius 3 is 2.78 bits per heavy atom. The van der Waals surface area contributed by atoms with E-state index in [0.29, 0.717) is 22.7 Å². The average Bonchev–Trinajstić information content (AvgIpc) is 2.96. The van der Waals surface area contributed by atoms with Crippen LogP contribution in [0.15, 0.2) is 45.7 Å². The number of furan rings is 1. The van der Waals surface area contributed by atoms with E-state index in [4.69, 9.17) is 14.7 Å². The van der Waals surface area contributed by atoms with Crippen LogP contribution in [0.3, 0.4) is 0 Å². The van der Waals surface area contributed by atoms with Crippen molar-refractivity contribution in [2.45, 2.75) is 6.92 Å². The topological polar surface area (TPSA) is 78.1 Å². The Kier molecular flexibility index (Phi) is 2.37. The number of anilines is 1. The van der Waals surface area contributed by atoms with Crippen molar-refractivity contribution in [1.29, 1.82) is 0 Å². The zero-order valence-corrected chi connectivity index (χ0v) is 9.75. The van der Waals surface area contributed by atoms with Gasteiger partial charge in [0.1, 0.15) is 0 Å². The molecular weight excluding hydrogens is 230 g/mol. The van der Waals surface area contributed by atoms with E-state index in [2.05, 4.69) is 10.1 Å². The van der Waals surface area contributed by atoms with Crippen LogP contribution in [-0.2, 0) is 0 Å². The van der Waals surface area contributed by atoms with Gasteiger partial charge in [0.25, 0.3) is 0 Å². The first kappa shape index (κ1) is 10.6. The van der Waals surface area contributed by atoms with E-state index in [9.17, 15) is 0 Å². The van der Waals surface area contributed by atoms with Gasteiger partial charge in [-0.15, -0.1) is 0 Å². The summed E-state index contributed by atoms with van der Waals surface area (Å²) in [6.45, 7) is 1.94. The summed E-state index contributed by atoms with van der Waals surface area (Å²) >= 11 is 0. The molecule has 0 aliphatic rings. The summed E-state index contributed by atoms with van der Waals surface area (Å²) in [5.74, 6) is 0.885. The number of rotatable bonds is 2. The Labute approximate surface area is 103 Å². The predicted octanol–water partition coefficient (Wildman–Crippen LogP) is 2.89. The molecule has 5 heteroatoms. The zero-order chi connectivity index (χ0) is 12.5. The monoisotopic (exact) mass is 241 g/mol. The molecule has 5 nitrogen and oxygen atoms in total. The van der Waals surface area contributed by atoms with Gasteiger partial charge >= 0.3 is 0 Å². The summed E-state index contributed by atoms with van der Waals surface area (Å²) in [5.41, 5.74) is 8.74. The Bertz CT molecular complexity index is 671. The summed E-state index contributed by atoms with van der Waals surface area (Å²) in [7, 11) is 0. The molecule has 0 saturated heterocycles. The fourth-order valence-electron chi connectivity index (χ4n) is 1.83. The van der Waals surface area contributed by atoms with Crippen molar-refractivity contribution >= 4 is 5.88 Å². The van der Waals surface area contributed by atoms with Crippen LogP contribution in [-0.4, -0.2) is 10.1 Å². The molecule has 0 saturated carbocycles. The van der Waals surface area contributed by atoms with Crippen molar-refractivity contribution < 1.29 is 8.94 Å². The molecule has 3 rings (SSSR count). The van der Waals surface area contributed by atoms with E-state index in [0.717, 1.165) is 5.56 Å². The molecule has 18 heavy (non-hydrogen) atoms. The number of nitrogens with two attached hydrogens (primary N) is 1. The molecule has 0 amide bonds. The summed E-state index contributed by atoms with van der Waals surface area (Å²) in [5, 5.41) is 3.96. The fourth-order valence-corrected chi connectivity index (χ4v) is 1.83. The van der Waals surface area contributed by atoms with Crippen molar-refractivity contribution in [3.8, 4) is 22.7 Å². The molecule has 0 aliphatic carbocycles. The number of hydrogen-bond donors (Lipinski definition) is 1. The first-order chi connectivity index (χ1) is 8.77. The van der Waals surface area contributed by atoms with E-state index in [1.54, 1.807) is 12.5 Å². The fraction of sp³-hybridized carbons (Fsp3) is 0.0769. The molecule has 0 bridgehead atoms. The first-order valence-corrected chi connectivity index (χ1v) is 5.48. The molecule has 0 aliphatic heterocycles. The lowest BCUT2D eigenvalue weighted by Gasteiger charge is -2.00. The summed E-state index contributed by atoms with van der Waals surface area (Å²) < 4.78 is 10.5. The number of nitrogens with zero attached hydrogens (tertiary/aromatic N) is 2. The lowest BCUT2D eigenvalue weighted by atomic mass is 10.1. The van der Waals surface area contributed by atoms with Crippen LogP contribution in [0.4, 0.5) is 5.88 Å². The molecule has 3 aromatic heterocycles. The van der Waals surface area contributed by atoms with Crippen molar-refractivity contribution in [2.24, 2.45) is 0 Å². The Hall–Kier alpha value is -2.56. The summed E-state index contributed by atoms with van der Waals surface area (Å²) in [6.07, 6.45) is 3.30. The minimum absolute atomic E-state index is 0.236. The largest absolute Gasteiger partial charge is 0.462 e. The third kappa shape index (κ3) is 1.57. The highest BCUT2D eigenvalue weighted by molar-refractivity contribution is 5.84. The second kappa shape index (κ2) is 4.03. The molecule has 90 valence electrons. The van der Waals surface area contributed by atoms with Crippen molar-refractivity contribution in [2.75, 3.05) is 5.73 Å². The van der Waals surface area contributed by atoms with Crippen LogP contribution in [0, 0.1) is 6.92 Å². The minimum atomic E-state index is 0.236. The highest BCUT2D eigenvalue weighted by atomic mass is 16.5. The van der Waals surface area contributed by atoms with Gasteiger partial charge in [-0.25, -0.2) is 0 Å². The molecule has 0 atom stereocenters. The van der Waals surface area contributed by atoms with Gasteiger partial charge in [-0.1, -0.05) is 11.2 Å². The minimum Gasteiger partial charge on any atom is -0.462 e. The van der Waals surface area contributed by atoms with E-state index < -0.39 is 0 Å². The zero-order valence-electron chi connectivity index (χ0n) is 9.75. The predicted molar refractivity (Wildman–Crippen MR) is 66.6 cm³/mol. The van der Waals surface area contributed by atoms with E-state index in [1.807, 2.05) is 31.2 Å². The quantitative estimate of drug-likeness (QED) is 0.746. The highest BCUT2D eigenvalue weighted by Crippen LogP contribution is 2.36. The number of aryl methyl sites for hydroxylation is 1. The van der Waals surface area contributed by atoms with Gasteiger partial charge in [0.05, 0.1) is 17.5 Å². The molecule has 0 unspecified atom stereocenters. The molecule has 0 spiro atoms. The van der Waals surface area contributed by atoms with Crippen molar-refractivity contribution in [3.63, 3.8) is 0 Å². The number of pyridine rings is 1. The molecule has 0 aromatic carbocycles. The van der Waals surface area contributed by atoms with Crippen LogP contribution < -0.4 is 5.73 Å². The van der Waals surface area contributed by atoms with Gasteiger partial charge in [0.2, 0.25) is 5.88 Å². The summed E-state index contributed by atoms with van der Waals surface area (Å²) in [6, 6.07) is 7.44.